The molecule has 0 radical (unpaired) electrons. The fourth-order valence-electron chi connectivity index (χ4n) is 3.80. The van der Waals surface area contributed by atoms with Crippen LogP contribution in [0.15, 0.2) is 71.8 Å². The molecule has 0 fully saturated rings. The fraction of sp³-hybridized carbons (Fsp3) is 0.0833. The minimum absolute atomic E-state index is 0.241. The number of hydrogen-bond acceptors (Lipinski definition) is 4. The van der Waals surface area contributed by atoms with Crippen LogP contribution in [0.3, 0.4) is 0 Å². The summed E-state index contributed by atoms with van der Waals surface area (Å²) in [6.45, 7) is 3.99. The van der Waals surface area contributed by atoms with E-state index in [1.165, 1.54) is 10.1 Å². The molecule has 0 bridgehead atoms. The van der Waals surface area contributed by atoms with Gasteiger partial charge in [-0.1, -0.05) is 42.0 Å². The van der Waals surface area contributed by atoms with Crippen molar-refractivity contribution >= 4 is 16.6 Å². The van der Waals surface area contributed by atoms with Crippen LogP contribution in [-0.4, -0.2) is 19.2 Å². The van der Waals surface area contributed by atoms with E-state index in [4.69, 9.17) is 0 Å². The van der Waals surface area contributed by atoms with E-state index in [-0.39, 0.29) is 5.56 Å². The number of rotatable bonds is 2. The topological polar surface area (TPSA) is 76.0 Å². The van der Waals surface area contributed by atoms with Crippen LogP contribution in [-0.2, 0) is 0 Å². The molecule has 6 heteroatoms. The average molecular weight is 391 g/mol. The number of aromatic nitrogens is 4. The molecule has 0 unspecified atom stereocenters. The van der Waals surface area contributed by atoms with Gasteiger partial charge in [-0.2, -0.15) is 10.4 Å². The Morgan fingerprint density at radius 2 is 1.77 bits per heavy atom. The number of pyridine rings is 1. The number of fused-ring (bicyclic) bond motifs is 3. The Hall–Kier alpha value is -4.24. The minimum atomic E-state index is -0.241. The molecule has 0 aliphatic heterocycles. The van der Waals surface area contributed by atoms with Crippen molar-refractivity contribution in [1.82, 2.24) is 19.2 Å². The van der Waals surface area contributed by atoms with E-state index in [9.17, 15) is 10.1 Å². The Morgan fingerprint density at radius 3 is 2.53 bits per heavy atom. The zero-order valence-corrected chi connectivity index (χ0v) is 16.5. The number of nitrogens with zero attached hydrogens (tertiary/aromatic N) is 5. The second kappa shape index (κ2) is 6.68. The van der Waals surface area contributed by atoms with E-state index < -0.39 is 0 Å². The summed E-state index contributed by atoms with van der Waals surface area (Å²) in [6.07, 6.45) is 3.28. The molecular formula is C24H17N5O. The SMILES string of the molecule is Cc1ccc(-c2c(C)nn3c2ncc2c(=O)n(-c4ccccc4C#N)ccc23)cc1. The fourth-order valence-corrected chi connectivity index (χ4v) is 3.80. The molecule has 0 aliphatic rings. The predicted molar refractivity (Wildman–Crippen MR) is 116 cm³/mol. The van der Waals surface area contributed by atoms with Crippen molar-refractivity contribution in [3.8, 4) is 22.9 Å². The van der Waals surface area contributed by atoms with Crippen LogP contribution in [0.2, 0.25) is 0 Å². The standard InChI is InChI=1S/C24H17N5O/c1-15-7-9-17(10-8-15)22-16(2)27-29-21-11-12-28(20-6-4-3-5-18(20)13-25)24(30)19(21)14-26-23(22)29/h3-12,14H,1-2H3. The van der Waals surface area contributed by atoms with E-state index in [0.717, 1.165) is 16.8 Å². The van der Waals surface area contributed by atoms with Gasteiger partial charge >= 0.3 is 0 Å². The van der Waals surface area contributed by atoms with Crippen molar-refractivity contribution < 1.29 is 0 Å². The second-order valence-electron chi connectivity index (χ2n) is 7.24. The van der Waals surface area contributed by atoms with Gasteiger partial charge in [0.15, 0.2) is 5.65 Å². The van der Waals surface area contributed by atoms with Crippen molar-refractivity contribution in [2.24, 2.45) is 0 Å². The Morgan fingerprint density at radius 1 is 1.00 bits per heavy atom. The van der Waals surface area contributed by atoms with Gasteiger partial charge in [-0.25, -0.2) is 9.50 Å². The summed E-state index contributed by atoms with van der Waals surface area (Å²) >= 11 is 0. The van der Waals surface area contributed by atoms with Crippen LogP contribution in [0.25, 0.3) is 33.4 Å². The summed E-state index contributed by atoms with van der Waals surface area (Å²) in [4.78, 5) is 17.8. The summed E-state index contributed by atoms with van der Waals surface area (Å²) in [5.74, 6) is 0. The molecule has 2 aromatic carbocycles. The van der Waals surface area contributed by atoms with Crippen LogP contribution >= 0.6 is 0 Å². The maximum absolute atomic E-state index is 13.2. The summed E-state index contributed by atoms with van der Waals surface area (Å²) in [5, 5.41) is 14.5. The molecular weight excluding hydrogens is 374 g/mol. The van der Waals surface area contributed by atoms with Gasteiger partial charge in [-0.15, -0.1) is 0 Å². The number of aryl methyl sites for hydroxylation is 2. The molecule has 0 atom stereocenters. The van der Waals surface area contributed by atoms with E-state index >= 15 is 0 Å². The first-order valence-electron chi connectivity index (χ1n) is 9.55. The molecule has 0 saturated carbocycles. The lowest BCUT2D eigenvalue weighted by Gasteiger charge is -2.09. The molecule has 144 valence electrons. The van der Waals surface area contributed by atoms with Crippen LogP contribution in [0.4, 0.5) is 0 Å². The van der Waals surface area contributed by atoms with Gasteiger partial charge in [-0.05, 0) is 37.6 Å². The molecule has 3 aromatic heterocycles. The number of benzene rings is 2. The maximum atomic E-state index is 13.2. The Kier molecular flexibility index (Phi) is 3.97. The van der Waals surface area contributed by atoms with Crippen molar-refractivity contribution in [3.05, 3.63) is 94.2 Å². The number of para-hydroxylation sites is 1. The van der Waals surface area contributed by atoms with Gasteiger partial charge in [0, 0.05) is 18.0 Å². The molecule has 5 aromatic rings. The third-order valence-corrected chi connectivity index (χ3v) is 5.31. The second-order valence-corrected chi connectivity index (χ2v) is 7.24. The van der Waals surface area contributed by atoms with Crippen molar-refractivity contribution in [1.29, 1.82) is 5.26 Å². The predicted octanol–water partition coefficient (Wildman–Crippen LogP) is 4.19. The molecule has 0 saturated heterocycles. The highest BCUT2D eigenvalue weighted by Gasteiger charge is 2.17. The van der Waals surface area contributed by atoms with Gasteiger partial charge in [0.2, 0.25) is 0 Å². The average Bonchev–Trinajstić information content (AvgIpc) is 3.11. The Balaban J connectivity index is 1.78. The molecule has 0 N–H and O–H groups in total. The maximum Gasteiger partial charge on any atom is 0.266 e. The lowest BCUT2D eigenvalue weighted by molar-refractivity contribution is 0.939. The molecule has 0 amide bonds. The zero-order valence-electron chi connectivity index (χ0n) is 16.5. The van der Waals surface area contributed by atoms with Gasteiger partial charge in [-0.3, -0.25) is 9.36 Å². The lowest BCUT2D eigenvalue weighted by atomic mass is 10.0. The van der Waals surface area contributed by atoms with E-state index in [2.05, 4.69) is 40.4 Å². The summed E-state index contributed by atoms with van der Waals surface area (Å²) in [7, 11) is 0. The normalized spacial score (nSPS) is 11.1. The molecule has 3 heterocycles. The van der Waals surface area contributed by atoms with E-state index in [1.54, 1.807) is 41.2 Å². The molecule has 0 spiro atoms. The number of hydrogen-bond donors (Lipinski definition) is 0. The molecule has 6 nitrogen and oxygen atoms in total. The summed E-state index contributed by atoms with van der Waals surface area (Å²) < 4.78 is 3.20. The van der Waals surface area contributed by atoms with Crippen molar-refractivity contribution in [2.45, 2.75) is 13.8 Å². The summed E-state index contributed by atoms with van der Waals surface area (Å²) in [6, 6.07) is 19.2. The first kappa shape index (κ1) is 17.8. The molecule has 0 aliphatic carbocycles. The zero-order chi connectivity index (χ0) is 20.8. The molecule has 5 rings (SSSR count). The van der Waals surface area contributed by atoms with E-state index in [1.807, 2.05) is 19.9 Å². The minimum Gasteiger partial charge on any atom is -0.282 e. The lowest BCUT2D eigenvalue weighted by Crippen LogP contribution is -2.19. The van der Waals surface area contributed by atoms with E-state index in [0.29, 0.717) is 27.8 Å². The Labute approximate surface area is 172 Å². The summed E-state index contributed by atoms with van der Waals surface area (Å²) in [5.41, 5.74) is 6.15. The van der Waals surface area contributed by atoms with Crippen LogP contribution in [0, 0.1) is 25.2 Å². The Bertz CT molecular complexity index is 1540. The monoisotopic (exact) mass is 391 g/mol. The first-order valence-corrected chi connectivity index (χ1v) is 9.55. The first-order chi connectivity index (χ1) is 14.6. The van der Waals surface area contributed by atoms with Crippen molar-refractivity contribution in [2.75, 3.05) is 0 Å². The molecule has 30 heavy (non-hydrogen) atoms. The van der Waals surface area contributed by atoms with Crippen LogP contribution < -0.4 is 5.56 Å². The van der Waals surface area contributed by atoms with Crippen LogP contribution in [0.1, 0.15) is 16.8 Å². The third-order valence-electron chi connectivity index (χ3n) is 5.31. The van der Waals surface area contributed by atoms with Gasteiger partial charge in [0.25, 0.3) is 5.56 Å². The van der Waals surface area contributed by atoms with Gasteiger partial charge < -0.3 is 0 Å². The quantitative estimate of drug-likeness (QED) is 0.452. The van der Waals surface area contributed by atoms with Crippen LogP contribution in [0.5, 0.6) is 0 Å². The highest BCUT2D eigenvalue weighted by Crippen LogP contribution is 2.29. The van der Waals surface area contributed by atoms with Crippen molar-refractivity contribution in [3.63, 3.8) is 0 Å². The highest BCUT2D eigenvalue weighted by molar-refractivity contribution is 5.86. The smallest absolute Gasteiger partial charge is 0.266 e. The van der Waals surface area contributed by atoms with Gasteiger partial charge in [0.1, 0.15) is 6.07 Å². The van der Waals surface area contributed by atoms with Gasteiger partial charge in [0.05, 0.1) is 27.8 Å². The highest BCUT2D eigenvalue weighted by atomic mass is 16.1. The largest absolute Gasteiger partial charge is 0.282 e. The number of nitriles is 1. The third kappa shape index (κ3) is 2.60.